The van der Waals surface area contributed by atoms with Gasteiger partial charge in [-0.3, -0.25) is 4.68 Å². The fourth-order valence-corrected chi connectivity index (χ4v) is 1.47. The van der Waals surface area contributed by atoms with Crippen LogP contribution in [0.2, 0.25) is 0 Å². The molecule has 0 amide bonds. The number of rotatable bonds is 5. The minimum Gasteiger partial charge on any atom is -0.444 e. The van der Waals surface area contributed by atoms with Gasteiger partial charge in [0.25, 0.3) is 0 Å². The van der Waals surface area contributed by atoms with Crippen LogP contribution in [0.4, 0.5) is 0 Å². The third kappa shape index (κ3) is 2.49. The molecule has 86 valence electrons. The maximum absolute atomic E-state index is 5.49. The summed E-state index contributed by atoms with van der Waals surface area (Å²) in [6, 6.07) is 1.99. The zero-order valence-corrected chi connectivity index (χ0v) is 9.60. The van der Waals surface area contributed by atoms with Crippen LogP contribution in [0.3, 0.4) is 0 Å². The molecule has 0 aliphatic rings. The lowest BCUT2D eigenvalue weighted by Crippen LogP contribution is -2.15. The van der Waals surface area contributed by atoms with Gasteiger partial charge in [-0.05, 0) is 6.07 Å². The average molecular weight is 220 g/mol. The summed E-state index contributed by atoms with van der Waals surface area (Å²) < 4.78 is 7.33. The largest absolute Gasteiger partial charge is 0.444 e. The molecule has 0 aliphatic heterocycles. The second-order valence-corrected chi connectivity index (χ2v) is 3.62. The Morgan fingerprint density at radius 3 is 2.94 bits per heavy atom. The molecule has 1 N–H and O–H groups in total. The van der Waals surface area contributed by atoms with Crippen LogP contribution in [0.5, 0.6) is 0 Å². The molecule has 0 aliphatic carbocycles. The summed E-state index contributed by atoms with van der Waals surface area (Å²) >= 11 is 0. The van der Waals surface area contributed by atoms with Gasteiger partial charge >= 0.3 is 0 Å². The first-order valence-electron chi connectivity index (χ1n) is 5.40. The van der Waals surface area contributed by atoms with E-state index >= 15 is 0 Å². The standard InChI is InChI=1S/C11H16N4O/c1-3-10-7-13-11(16-10)8-12-6-9-4-5-14-15(9)2/h4-5,7,12H,3,6,8H2,1-2H3. The molecule has 0 atom stereocenters. The average Bonchev–Trinajstić information content (AvgIpc) is 2.89. The maximum Gasteiger partial charge on any atom is 0.208 e. The highest BCUT2D eigenvalue weighted by Crippen LogP contribution is 2.04. The van der Waals surface area contributed by atoms with Gasteiger partial charge in [0.05, 0.1) is 18.4 Å². The second kappa shape index (κ2) is 4.94. The number of hydrogen-bond acceptors (Lipinski definition) is 4. The first kappa shape index (κ1) is 10.9. The van der Waals surface area contributed by atoms with Crippen molar-refractivity contribution in [2.75, 3.05) is 0 Å². The Labute approximate surface area is 94.5 Å². The zero-order valence-electron chi connectivity index (χ0n) is 9.60. The first-order chi connectivity index (χ1) is 7.79. The number of aromatic nitrogens is 3. The van der Waals surface area contributed by atoms with Gasteiger partial charge in [-0.2, -0.15) is 5.10 Å². The normalized spacial score (nSPS) is 10.9. The number of hydrogen-bond donors (Lipinski definition) is 1. The van der Waals surface area contributed by atoms with E-state index < -0.39 is 0 Å². The molecule has 5 nitrogen and oxygen atoms in total. The summed E-state index contributed by atoms with van der Waals surface area (Å²) in [5.74, 6) is 1.66. The predicted octanol–water partition coefficient (Wildman–Crippen LogP) is 1.26. The Balaban J connectivity index is 1.82. The monoisotopic (exact) mass is 220 g/mol. The highest BCUT2D eigenvalue weighted by atomic mass is 16.4. The molecular weight excluding hydrogens is 204 g/mol. The van der Waals surface area contributed by atoms with E-state index in [0.717, 1.165) is 30.3 Å². The van der Waals surface area contributed by atoms with E-state index in [1.807, 2.05) is 24.7 Å². The lowest BCUT2D eigenvalue weighted by molar-refractivity contribution is 0.436. The zero-order chi connectivity index (χ0) is 11.4. The van der Waals surface area contributed by atoms with Crippen molar-refractivity contribution < 1.29 is 4.42 Å². The van der Waals surface area contributed by atoms with Crippen LogP contribution < -0.4 is 5.32 Å². The van der Waals surface area contributed by atoms with Crippen molar-refractivity contribution in [3.05, 3.63) is 35.8 Å². The molecule has 16 heavy (non-hydrogen) atoms. The molecule has 0 spiro atoms. The summed E-state index contributed by atoms with van der Waals surface area (Å²) in [6.07, 6.45) is 4.45. The third-order valence-corrected chi connectivity index (χ3v) is 2.45. The molecule has 0 aromatic carbocycles. The van der Waals surface area contributed by atoms with E-state index in [4.69, 9.17) is 4.42 Å². The Morgan fingerprint density at radius 2 is 2.31 bits per heavy atom. The predicted molar refractivity (Wildman–Crippen MR) is 59.6 cm³/mol. The summed E-state index contributed by atoms with van der Waals surface area (Å²) in [6.45, 7) is 3.46. The molecule has 0 saturated carbocycles. The summed E-state index contributed by atoms with van der Waals surface area (Å²) in [5, 5.41) is 7.36. The van der Waals surface area contributed by atoms with Crippen LogP contribution in [-0.4, -0.2) is 14.8 Å². The lowest BCUT2D eigenvalue weighted by atomic mass is 10.4. The molecular formula is C11H16N4O. The van der Waals surface area contributed by atoms with Crippen LogP contribution in [0, 0.1) is 0 Å². The topological polar surface area (TPSA) is 55.9 Å². The summed E-state index contributed by atoms with van der Waals surface area (Å²) in [7, 11) is 1.93. The molecule has 2 aromatic rings. The fourth-order valence-electron chi connectivity index (χ4n) is 1.47. The molecule has 0 fully saturated rings. The molecule has 0 radical (unpaired) electrons. The fraction of sp³-hybridized carbons (Fsp3) is 0.455. The third-order valence-electron chi connectivity index (χ3n) is 2.45. The van der Waals surface area contributed by atoms with Crippen molar-refractivity contribution in [2.45, 2.75) is 26.4 Å². The number of aryl methyl sites for hydroxylation is 2. The Kier molecular flexibility index (Phi) is 3.36. The molecule has 5 heteroatoms. The Bertz CT molecular complexity index is 446. The van der Waals surface area contributed by atoms with Crippen molar-refractivity contribution >= 4 is 0 Å². The van der Waals surface area contributed by atoms with Gasteiger partial charge < -0.3 is 9.73 Å². The Hall–Kier alpha value is -1.62. The number of nitrogens with one attached hydrogen (secondary N) is 1. The number of oxazole rings is 1. The van der Waals surface area contributed by atoms with Crippen molar-refractivity contribution in [3.8, 4) is 0 Å². The molecule has 0 unspecified atom stereocenters. The van der Waals surface area contributed by atoms with Crippen LogP contribution in [-0.2, 0) is 26.6 Å². The highest BCUT2D eigenvalue weighted by Gasteiger charge is 2.02. The maximum atomic E-state index is 5.49. The smallest absolute Gasteiger partial charge is 0.208 e. The van der Waals surface area contributed by atoms with Gasteiger partial charge in [0.2, 0.25) is 5.89 Å². The minimum absolute atomic E-state index is 0.644. The van der Waals surface area contributed by atoms with Crippen molar-refractivity contribution in [1.82, 2.24) is 20.1 Å². The molecule has 0 saturated heterocycles. The van der Waals surface area contributed by atoms with Gasteiger partial charge in [0, 0.05) is 26.2 Å². The van der Waals surface area contributed by atoms with Crippen LogP contribution >= 0.6 is 0 Å². The molecule has 2 heterocycles. The van der Waals surface area contributed by atoms with E-state index in [1.54, 1.807) is 12.4 Å². The quantitative estimate of drug-likeness (QED) is 0.824. The molecule has 2 rings (SSSR count). The first-order valence-corrected chi connectivity index (χ1v) is 5.40. The van der Waals surface area contributed by atoms with Gasteiger partial charge in [-0.25, -0.2) is 4.98 Å². The van der Waals surface area contributed by atoms with E-state index in [2.05, 4.69) is 15.4 Å². The molecule has 2 aromatic heterocycles. The lowest BCUT2D eigenvalue weighted by Gasteiger charge is -2.02. The van der Waals surface area contributed by atoms with Crippen LogP contribution in [0.15, 0.2) is 22.9 Å². The molecule has 0 bridgehead atoms. The second-order valence-electron chi connectivity index (χ2n) is 3.62. The van der Waals surface area contributed by atoms with Gasteiger partial charge in [-0.1, -0.05) is 6.92 Å². The summed E-state index contributed by atoms with van der Waals surface area (Å²) in [5.41, 5.74) is 1.14. The van der Waals surface area contributed by atoms with Crippen LogP contribution in [0.25, 0.3) is 0 Å². The van der Waals surface area contributed by atoms with Crippen molar-refractivity contribution in [3.63, 3.8) is 0 Å². The highest BCUT2D eigenvalue weighted by molar-refractivity contribution is 4.99. The van der Waals surface area contributed by atoms with Crippen molar-refractivity contribution in [2.24, 2.45) is 7.05 Å². The summed E-state index contributed by atoms with van der Waals surface area (Å²) in [4.78, 5) is 4.18. The van der Waals surface area contributed by atoms with E-state index in [0.29, 0.717) is 6.54 Å². The van der Waals surface area contributed by atoms with E-state index in [-0.39, 0.29) is 0 Å². The van der Waals surface area contributed by atoms with E-state index in [1.165, 1.54) is 0 Å². The van der Waals surface area contributed by atoms with Crippen LogP contribution in [0.1, 0.15) is 24.3 Å². The van der Waals surface area contributed by atoms with Gasteiger partial charge in [0.1, 0.15) is 5.76 Å². The number of nitrogens with zero attached hydrogens (tertiary/aromatic N) is 3. The van der Waals surface area contributed by atoms with E-state index in [9.17, 15) is 0 Å². The van der Waals surface area contributed by atoms with Gasteiger partial charge in [0.15, 0.2) is 0 Å². The minimum atomic E-state index is 0.644. The Morgan fingerprint density at radius 1 is 1.44 bits per heavy atom. The van der Waals surface area contributed by atoms with Crippen molar-refractivity contribution in [1.29, 1.82) is 0 Å². The SMILES string of the molecule is CCc1cnc(CNCc2ccnn2C)o1. The van der Waals surface area contributed by atoms with Gasteiger partial charge in [-0.15, -0.1) is 0 Å².